The van der Waals surface area contributed by atoms with Gasteiger partial charge >= 0.3 is 5.69 Å². The van der Waals surface area contributed by atoms with E-state index in [4.69, 9.17) is 5.73 Å². The van der Waals surface area contributed by atoms with Crippen LogP contribution in [0.3, 0.4) is 0 Å². The van der Waals surface area contributed by atoms with Crippen LogP contribution in [0.15, 0.2) is 12.3 Å². The molecule has 16 heavy (non-hydrogen) atoms. The zero-order chi connectivity index (χ0) is 12.1. The lowest BCUT2D eigenvalue weighted by Gasteiger charge is -2.10. The van der Waals surface area contributed by atoms with Crippen molar-refractivity contribution in [2.24, 2.45) is 5.73 Å². The van der Waals surface area contributed by atoms with Crippen LogP contribution in [-0.4, -0.2) is 22.5 Å². The van der Waals surface area contributed by atoms with Crippen LogP contribution in [0.5, 0.6) is 0 Å². The average Bonchev–Trinajstić information content (AvgIpc) is 2.26. The predicted octanol–water partition coefficient (Wildman–Crippen LogP) is 1.45. The highest BCUT2D eigenvalue weighted by atomic mass is 16.6. The third-order valence-corrected chi connectivity index (χ3v) is 2.26. The van der Waals surface area contributed by atoms with Crippen molar-refractivity contribution in [3.8, 4) is 0 Å². The molecule has 0 amide bonds. The van der Waals surface area contributed by atoms with Crippen molar-refractivity contribution in [3.05, 3.63) is 27.9 Å². The Balaban J connectivity index is 2.82. The second kappa shape index (κ2) is 5.41. The minimum absolute atomic E-state index is 0.0108. The van der Waals surface area contributed by atoms with Gasteiger partial charge in [-0.3, -0.25) is 10.1 Å². The number of hydrogen-bond acceptors (Lipinski definition) is 5. The van der Waals surface area contributed by atoms with E-state index in [2.05, 4.69) is 10.3 Å². The molecule has 0 radical (unpaired) electrons. The van der Waals surface area contributed by atoms with Gasteiger partial charge in [0.2, 0.25) is 5.82 Å². The van der Waals surface area contributed by atoms with Gasteiger partial charge in [-0.25, -0.2) is 4.98 Å². The van der Waals surface area contributed by atoms with Crippen LogP contribution in [0, 0.1) is 17.0 Å². The van der Waals surface area contributed by atoms with E-state index in [1.165, 1.54) is 6.07 Å². The first-order chi connectivity index (χ1) is 7.54. The molecule has 6 heteroatoms. The molecule has 0 saturated carbocycles. The summed E-state index contributed by atoms with van der Waals surface area (Å²) in [4.78, 5) is 14.3. The molecule has 1 aromatic rings. The van der Waals surface area contributed by atoms with Crippen LogP contribution in [0.2, 0.25) is 0 Å². The minimum Gasteiger partial charge on any atom is -0.363 e. The zero-order valence-corrected chi connectivity index (χ0v) is 9.43. The predicted molar refractivity (Wildman–Crippen MR) is 62.4 cm³/mol. The topological polar surface area (TPSA) is 94.1 Å². The first-order valence-corrected chi connectivity index (χ1v) is 5.15. The Morgan fingerprint density at radius 2 is 2.38 bits per heavy atom. The third-order valence-electron chi connectivity index (χ3n) is 2.26. The fourth-order valence-electron chi connectivity index (χ4n) is 1.20. The highest BCUT2D eigenvalue weighted by Gasteiger charge is 2.15. The maximum Gasteiger partial charge on any atom is 0.311 e. The molecule has 1 heterocycles. The fraction of sp³-hybridized carbons (Fsp3) is 0.500. The van der Waals surface area contributed by atoms with Crippen molar-refractivity contribution < 1.29 is 4.92 Å². The van der Waals surface area contributed by atoms with Crippen molar-refractivity contribution in [3.63, 3.8) is 0 Å². The van der Waals surface area contributed by atoms with Crippen molar-refractivity contribution in [1.82, 2.24) is 4.98 Å². The summed E-state index contributed by atoms with van der Waals surface area (Å²) in [5.74, 6) is 0.277. The number of rotatable bonds is 5. The van der Waals surface area contributed by atoms with E-state index in [1.807, 2.05) is 6.92 Å². The van der Waals surface area contributed by atoms with E-state index in [1.54, 1.807) is 13.1 Å². The zero-order valence-electron chi connectivity index (χ0n) is 9.43. The Morgan fingerprint density at radius 3 is 2.94 bits per heavy atom. The minimum atomic E-state index is -0.445. The van der Waals surface area contributed by atoms with Crippen molar-refractivity contribution in [2.75, 3.05) is 11.9 Å². The van der Waals surface area contributed by atoms with Crippen LogP contribution in [0.1, 0.15) is 18.9 Å². The average molecular weight is 224 g/mol. The van der Waals surface area contributed by atoms with E-state index in [9.17, 15) is 10.1 Å². The van der Waals surface area contributed by atoms with Crippen LogP contribution in [0.25, 0.3) is 0 Å². The molecule has 6 nitrogen and oxygen atoms in total. The number of anilines is 1. The molecule has 0 aliphatic rings. The smallest absolute Gasteiger partial charge is 0.311 e. The van der Waals surface area contributed by atoms with E-state index >= 15 is 0 Å². The van der Waals surface area contributed by atoms with Crippen LogP contribution in [0.4, 0.5) is 11.5 Å². The van der Waals surface area contributed by atoms with Crippen LogP contribution >= 0.6 is 0 Å². The quantitative estimate of drug-likeness (QED) is 0.583. The van der Waals surface area contributed by atoms with Crippen molar-refractivity contribution in [2.45, 2.75) is 26.3 Å². The van der Waals surface area contributed by atoms with Gasteiger partial charge in [-0.05, 0) is 18.9 Å². The van der Waals surface area contributed by atoms with E-state index in [0.717, 1.165) is 12.0 Å². The molecule has 0 aliphatic heterocycles. The summed E-state index contributed by atoms with van der Waals surface area (Å²) in [7, 11) is 0. The molecule has 1 atom stereocenters. The molecular weight excluding hydrogens is 208 g/mol. The van der Waals surface area contributed by atoms with Crippen LogP contribution in [-0.2, 0) is 0 Å². The lowest BCUT2D eigenvalue weighted by atomic mass is 10.2. The van der Waals surface area contributed by atoms with E-state index in [0.29, 0.717) is 6.54 Å². The molecule has 0 aromatic carbocycles. The molecule has 3 N–H and O–H groups in total. The molecule has 0 spiro atoms. The van der Waals surface area contributed by atoms with Gasteiger partial charge in [0, 0.05) is 24.8 Å². The normalized spacial score (nSPS) is 12.2. The second-order valence-corrected chi connectivity index (χ2v) is 3.69. The lowest BCUT2D eigenvalue weighted by molar-refractivity contribution is -0.384. The van der Waals surface area contributed by atoms with Gasteiger partial charge in [-0.1, -0.05) is 6.92 Å². The maximum absolute atomic E-state index is 10.8. The summed E-state index contributed by atoms with van der Waals surface area (Å²) < 4.78 is 0. The van der Waals surface area contributed by atoms with Gasteiger partial charge in [0.25, 0.3) is 0 Å². The largest absolute Gasteiger partial charge is 0.363 e. The monoisotopic (exact) mass is 224 g/mol. The molecule has 0 aliphatic carbocycles. The number of nitrogens with two attached hydrogens (primary N) is 1. The van der Waals surface area contributed by atoms with E-state index < -0.39 is 4.92 Å². The summed E-state index contributed by atoms with van der Waals surface area (Å²) in [5.41, 5.74) is 6.47. The summed E-state index contributed by atoms with van der Waals surface area (Å²) in [6, 6.07) is 1.47. The Hall–Kier alpha value is -1.69. The van der Waals surface area contributed by atoms with Crippen molar-refractivity contribution in [1.29, 1.82) is 0 Å². The van der Waals surface area contributed by atoms with Gasteiger partial charge in [-0.2, -0.15) is 0 Å². The maximum atomic E-state index is 10.8. The molecular formula is C10H16N4O2. The fourth-order valence-corrected chi connectivity index (χ4v) is 1.20. The second-order valence-electron chi connectivity index (χ2n) is 3.69. The van der Waals surface area contributed by atoms with Gasteiger partial charge in [0.1, 0.15) is 0 Å². The summed E-state index contributed by atoms with van der Waals surface area (Å²) in [5, 5.41) is 13.7. The lowest BCUT2D eigenvalue weighted by Crippen LogP contribution is -2.28. The van der Waals surface area contributed by atoms with Gasteiger partial charge in [0.05, 0.1) is 4.92 Å². The van der Waals surface area contributed by atoms with Crippen molar-refractivity contribution >= 4 is 11.5 Å². The van der Waals surface area contributed by atoms with Gasteiger partial charge in [-0.15, -0.1) is 0 Å². The van der Waals surface area contributed by atoms with Gasteiger partial charge in [0.15, 0.2) is 0 Å². The summed E-state index contributed by atoms with van der Waals surface area (Å²) >= 11 is 0. The molecule has 1 unspecified atom stereocenters. The number of hydrogen-bond donors (Lipinski definition) is 2. The van der Waals surface area contributed by atoms with Gasteiger partial charge < -0.3 is 11.1 Å². The molecule has 1 rings (SSSR count). The van der Waals surface area contributed by atoms with Crippen LogP contribution < -0.4 is 11.1 Å². The summed E-state index contributed by atoms with van der Waals surface area (Å²) in [6.07, 6.45) is 2.40. The third kappa shape index (κ3) is 3.16. The number of aromatic nitrogens is 1. The Morgan fingerprint density at radius 1 is 1.69 bits per heavy atom. The Kier molecular flexibility index (Phi) is 4.19. The number of nitro groups is 1. The molecule has 0 saturated heterocycles. The Labute approximate surface area is 94.0 Å². The molecule has 0 bridgehead atoms. The van der Waals surface area contributed by atoms with E-state index in [-0.39, 0.29) is 17.5 Å². The SMILES string of the molecule is CCC(N)CNc1ncc(C)cc1[N+](=O)[O-]. The number of nitrogens with zero attached hydrogens (tertiary/aromatic N) is 2. The molecule has 1 aromatic heterocycles. The first kappa shape index (κ1) is 12.4. The number of aryl methyl sites for hydroxylation is 1. The Bertz CT molecular complexity index is 381. The summed E-state index contributed by atoms with van der Waals surface area (Å²) in [6.45, 7) is 4.21. The number of pyridine rings is 1. The number of nitrogens with one attached hydrogen (secondary N) is 1. The first-order valence-electron chi connectivity index (χ1n) is 5.15. The molecule has 0 fully saturated rings. The highest BCUT2D eigenvalue weighted by Crippen LogP contribution is 2.22. The highest BCUT2D eigenvalue weighted by molar-refractivity contribution is 5.56. The standard InChI is InChI=1S/C10H16N4O2/c1-3-8(11)6-13-10-9(14(15)16)4-7(2)5-12-10/h4-5,8H,3,6,11H2,1-2H3,(H,12,13). The molecule has 88 valence electrons.